The van der Waals surface area contributed by atoms with Crippen molar-refractivity contribution >= 4 is 29.1 Å². The average Bonchev–Trinajstić information content (AvgIpc) is 2.88. The summed E-state index contributed by atoms with van der Waals surface area (Å²) in [5.41, 5.74) is 1.42. The van der Waals surface area contributed by atoms with Gasteiger partial charge in [-0.1, -0.05) is 55.1 Å². The number of ether oxygens (including phenoxy) is 1. The lowest BCUT2D eigenvalue weighted by Gasteiger charge is -2.33. The molecule has 2 aromatic carbocycles. The molecule has 176 valence electrons. The third kappa shape index (κ3) is 5.57. The largest absolute Gasteiger partial charge is 0.497 e. The van der Waals surface area contributed by atoms with Gasteiger partial charge in [-0.05, 0) is 60.9 Å². The normalized spacial score (nSPS) is 14.8. The molecule has 1 N–H and O–H groups in total. The second kappa shape index (κ2) is 11.2. The first-order chi connectivity index (χ1) is 16.6. The summed E-state index contributed by atoms with van der Waals surface area (Å²) in [6.45, 7) is 0. The Bertz CT molecular complexity index is 1120. The lowest BCUT2D eigenvalue weighted by atomic mass is 9.94. The van der Waals surface area contributed by atoms with Gasteiger partial charge in [0, 0.05) is 22.9 Å². The summed E-state index contributed by atoms with van der Waals surface area (Å²) in [5.74, 6) is 0.0457. The van der Waals surface area contributed by atoms with Crippen LogP contribution in [0.25, 0.3) is 0 Å². The van der Waals surface area contributed by atoms with E-state index in [4.69, 9.17) is 16.3 Å². The number of carbonyl (C=O) groups excluding carboxylic acids is 2. The number of nitrogens with one attached hydrogen (secondary N) is 1. The Balaban J connectivity index is 1.80. The van der Waals surface area contributed by atoms with E-state index in [2.05, 4.69) is 10.3 Å². The van der Waals surface area contributed by atoms with E-state index < -0.39 is 6.04 Å². The maximum Gasteiger partial charge on any atom is 0.277 e. The van der Waals surface area contributed by atoms with E-state index in [0.29, 0.717) is 22.0 Å². The fraction of sp³-hybridized carbons (Fsp3) is 0.296. The maximum absolute atomic E-state index is 13.8. The molecule has 0 radical (unpaired) electrons. The molecule has 1 aliphatic carbocycles. The van der Waals surface area contributed by atoms with Gasteiger partial charge in [-0.25, -0.2) is 0 Å². The van der Waals surface area contributed by atoms with Crippen LogP contribution in [0, 0.1) is 0 Å². The Hall–Kier alpha value is -3.38. The van der Waals surface area contributed by atoms with Crippen molar-refractivity contribution < 1.29 is 14.3 Å². The van der Waals surface area contributed by atoms with Gasteiger partial charge in [0.2, 0.25) is 5.91 Å². The lowest BCUT2D eigenvalue weighted by molar-refractivity contribution is -0.123. The predicted molar refractivity (Wildman–Crippen MR) is 133 cm³/mol. The SMILES string of the molecule is COc1ccc([C@@H](C(=O)NC2CCCCC2)N(C(=O)c2ccccn2)c2cccc(Cl)c2)cc1. The highest BCUT2D eigenvalue weighted by Gasteiger charge is 2.35. The summed E-state index contributed by atoms with van der Waals surface area (Å²) in [4.78, 5) is 33.3. The minimum Gasteiger partial charge on any atom is -0.497 e. The molecule has 6 nitrogen and oxygen atoms in total. The molecule has 0 bridgehead atoms. The highest BCUT2D eigenvalue weighted by atomic mass is 35.5. The zero-order valence-corrected chi connectivity index (χ0v) is 19.9. The zero-order chi connectivity index (χ0) is 23.9. The van der Waals surface area contributed by atoms with Crippen LogP contribution in [0.15, 0.2) is 72.9 Å². The number of amides is 2. The van der Waals surface area contributed by atoms with Crippen molar-refractivity contribution in [3.63, 3.8) is 0 Å². The smallest absolute Gasteiger partial charge is 0.277 e. The lowest BCUT2D eigenvalue weighted by Crippen LogP contribution is -2.47. The van der Waals surface area contributed by atoms with Crippen molar-refractivity contribution in [3.05, 3.63) is 89.2 Å². The standard InChI is InChI=1S/C27H28ClN3O3/c1-34-23-15-13-19(14-16-23)25(26(32)30-21-9-3-2-4-10-21)31(22-11-7-8-20(28)18-22)27(33)24-12-5-6-17-29-24/h5-8,11-18,21,25H,2-4,9-10H2,1H3,(H,30,32)/t25-/m0/s1. The van der Waals surface area contributed by atoms with Gasteiger partial charge in [0.1, 0.15) is 17.5 Å². The van der Waals surface area contributed by atoms with Crippen LogP contribution in [0.1, 0.15) is 54.2 Å². The number of benzene rings is 2. The quantitative estimate of drug-likeness (QED) is 0.482. The van der Waals surface area contributed by atoms with Crippen LogP contribution in [0.2, 0.25) is 5.02 Å². The number of nitrogens with zero attached hydrogens (tertiary/aromatic N) is 2. The summed E-state index contributed by atoms with van der Waals surface area (Å²) in [6.07, 6.45) is 6.79. The van der Waals surface area contributed by atoms with Crippen molar-refractivity contribution in [2.45, 2.75) is 44.2 Å². The number of hydrogen-bond donors (Lipinski definition) is 1. The Morgan fingerprint density at radius 2 is 1.79 bits per heavy atom. The molecule has 0 spiro atoms. The van der Waals surface area contributed by atoms with Crippen LogP contribution >= 0.6 is 11.6 Å². The molecule has 2 amide bonds. The molecule has 1 fully saturated rings. The average molecular weight is 478 g/mol. The number of pyridine rings is 1. The zero-order valence-electron chi connectivity index (χ0n) is 19.1. The minimum atomic E-state index is -0.916. The molecule has 7 heteroatoms. The molecule has 4 rings (SSSR count). The van der Waals surface area contributed by atoms with Gasteiger partial charge < -0.3 is 10.1 Å². The van der Waals surface area contributed by atoms with Gasteiger partial charge in [0.05, 0.1) is 7.11 Å². The van der Waals surface area contributed by atoms with Crippen molar-refractivity contribution in [2.24, 2.45) is 0 Å². The van der Waals surface area contributed by atoms with E-state index in [0.717, 1.165) is 25.7 Å². The number of halogens is 1. The second-order valence-corrected chi connectivity index (χ2v) is 8.83. The first-order valence-electron chi connectivity index (χ1n) is 11.5. The van der Waals surface area contributed by atoms with Crippen molar-refractivity contribution in [3.8, 4) is 5.75 Å². The van der Waals surface area contributed by atoms with Crippen LogP contribution in [-0.2, 0) is 4.79 Å². The van der Waals surface area contributed by atoms with Crippen LogP contribution in [0.3, 0.4) is 0 Å². The topological polar surface area (TPSA) is 71.5 Å². The monoisotopic (exact) mass is 477 g/mol. The molecule has 34 heavy (non-hydrogen) atoms. The number of methoxy groups -OCH3 is 1. The molecule has 1 aromatic heterocycles. The van der Waals surface area contributed by atoms with Crippen molar-refractivity contribution in [2.75, 3.05) is 12.0 Å². The summed E-state index contributed by atoms with van der Waals surface area (Å²) in [6, 6.07) is 18.5. The Morgan fingerprint density at radius 1 is 1.03 bits per heavy atom. The Kier molecular flexibility index (Phi) is 7.80. The number of hydrogen-bond acceptors (Lipinski definition) is 4. The first kappa shape index (κ1) is 23.8. The third-order valence-electron chi connectivity index (χ3n) is 6.08. The van der Waals surface area contributed by atoms with Gasteiger partial charge in [0.15, 0.2) is 0 Å². The van der Waals surface area contributed by atoms with Gasteiger partial charge >= 0.3 is 0 Å². The summed E-state index contributed by atoms with van der Waals surface area (Å²) in [7, 11) is 1.59. The highest BCUT2D eigenvalue weighted by molar-refractivity contribution is 6.31. The van der Waals surface area contributed by atoms with E-state index in [-0.39, 0.29) is 23.6 Å². The van der Waals surface area contributed by atoms with Gasteiger partial charge in [-0.3, -0.25) is 19.5 Å². The van der Waals surface area contributed by atoms with E-state index in [9.17, 15) is 9.59 Å². The van der Waals surface area contributed by atoms with E-state index in [1.807, 2.05) is 12.1 Å². The molecular formula is C27H28ClN3O3. The molecular weight excluding hydrogens is 450 g/mol. The van der Waals surface area contributed by atoms with Crippen LogP contribution in [0.4, 0.5) is 5.69 Å². The molecule has 0 aliphatic heterocycles. The number of rotatable bonds is 7. The Labute approximate surface area is 204 Å². The van der Waals surface area contributed by atoms with Crippen LogP contribution in [0.5, 0.6) is 5.75 Å². The van der Waals surface area contributed by atoms with Gasteiger partial charge in [0.25, 0.3) is 5.91 Å². The van der Waals surface area contributed by atoms with Gasteiger partial charge in [-0.15, -0.1) is 0 Å². The van der Waals surface area contributed by atoms with E-state index in [1.165, 1.54) is 11.3 Å². The fourth-order valence-electron chi connectivity index (χ4n) is 4.35. The van der Waals surface area contributed by atoms with Gasteiger partial charge in [-0.2, -0.15) is 0 Å². The second-order valence-electron chi connectivity index (χ2n) is 8.39. The molecule has 3 aromatic rings. The Morgan fingerprint density at radius 3 is 2.44 bits per heavy atom. The number of anilines is 1. The first-order valence-corrected chi connectivity index (χ1v) is 11.9. The molecule has 1 saturated carbocycles. The summed E-state index contributed by atoms with van der Waals surface area (Å²) >= 11 is 6.29. The fourth-order valence-corrected chi connectivity index (χ4v) is 4.54. The molecule has 0 saturated heterocycles. The molecule has 1 aliphatic rings. The predicted octanol–water partition coefficient (Wildman–Crippen LogP) is 5.58. The number of aromatic nitrogens is 1. The summed E-state index contributed by atoms with van der Waals surface area (Å²) in [5, 5.41) is 3.67. The van der Waals surface area contributed by atoms with Crippen molar-refractivity contribution in [1.82, 2.24) is 10.3 Å². The maximum atomic E-state index is 13.8. The number of carbonyl (C=O) groups is 2. The molecule has 1 heterocycles. The minimum absolute atomic E-state index is 0.0909. The molecule has 1 atom stereocenters. The molecule has 0 unspecified atom stereocenters. The van der Waals surface area contributed by atoms with Crippen LogP contribution in [-0.4, -0.2) is 29.9 Å². The third-order valence-corrected chi connectivity index (χ3v) is 6.31. The summed E-state index contributed by atoms with van der Waals surface area (Å²) < 4.78 is 5.30. The van der Waals surface area contributed by atoms with E-state index in [1.54, 1.807) is 67.9 Å². The van der Waals surface area contributed by atoms with E-state index >= 15 is 0 Å². The van der Waals surface area contributed by atoms with Crippen molar-refractivity contribution in [1.29, 1.82) is 0 Å². The highest BCUT2D eigenvalue weighted by Crippen LogP contribution is 2.32. The van der Waals surface area contributed by atoms with Crippen LogP contribution < -0.4 is 15.0 Å².